The lowest BCUT2D eigenvalue weighted by atomic mass is 10.2. The average Bonchev–Trinajstić information content (AvgIpc) is 3.11. The third-order valence-electron chi connectivity index (χ3n) is 4.38. The molecule has 124 valence electrons. The topological polar surface area (TPSA) is 89.3 Å². The smallest absolute Gasteiger partial charge is 0.246 e. The van der Waals surface area contributed by atoms with E-state index in [4.69, 9.17) is 0 Å². The maximum absolute atomic E-state index is 12.6. The van der Waals surface area contributed by atoms with E-state index in [-0.39, 0.29) is 16.4 Å². The van der Waals surface area contributed by atoms with Crippen LogP contribution in [0.3, 0.4) is 0 Å². The first-order chi connectivity index (χ1) is 10.3. The van der Waals surface area contributed by atoms with Crippen molar-refractivity contribution in [3.63, 3.8) is 0 Å². The number of sulfonamides is 1. The van der Waals surface area contributed by atoms with Crippen LogP contribution in [-0.4, -0.2) is 55.5 Å². The lowest BCUT2D eigenvalue weighted by Gasteiger charge is -2.29. The molecule has 2 heterocycles. The van der Waals surface area contributed by atoms with Crippen LogP contribution in [0, 0.1) is 5.92 Å². The highest BCUT2D eigenvalue weighted by Gasteiger charge is 2.35. The number of nitrogens with zero attached hydrogens (tertiary/aromatic N) is 3. The zero-order chi connectivity index (χ0) is 16.0. The van der Waals surface area contributed by atoms with Gasteiger partial charge in [0.1, 0.15) is 4.90 Å². The van der Waals surface area contributed by atoms with E-state index >= 15 is 0 Å². The average molecular weight is 347 g/mol. The van der Waals surface area contributed by atoms with Gasteiger partial charge in [0.15, 0.2) is 9.84 Å². The van der Waals surface area contributed by atoms with E-state index < -0.39 is 25.9 Å². The second-order valence-corrected chi connectivity index (χ2v) is 10.5. The maximum atomic E-state index is 12.6. The minimum absolute atomic E-state index is 0.0983. The highest BCUT2D eigenvalue weighted by atomic mass is 32.2. The molecule has 0 N–H and O–H groups in total. The van der Waals surface area contributed by atoms with Gasteiger partial charge in [0, 0.05) is 25.8 Å². The summed E-state index contributed by atoms with van der Waals surface area (Å²) in [6.45, 7) is 0.747. The Labute approximate surface area is 131 Å². The van der Waals surface area contributed by atoms with Crippen molar-refractivity contribution >= 4 is 19.9 Å². The molecule has 2 aliphatic rings. The molecule has 0 amide bonds. The van der Waals surface area contributed by atoms with E-state index in [2.05, 4.69) is 5.10 Å². The minimum atomic E-state index is -3.70. The normalized spacial score (nSPS) is 25.5. The largest absolute Gasteiger partial charge is 0.271 e. The van der Waals surface area contributed by atoms with Crippen molar-refractivity contribution in [2.45, 2.75) is 43.2 Å². The molecular weight excluding hydrogens is 326 g/mol. The van der Waals surface area contributed by atoms with Crippen molar-refractivity contribution in [3.05, 3.63) is 12.4 Å². The molecule has 1 aromatic rings. The fourth-order valence-corrected chi connectivity index (χ4v) is 5.97. The molecule has 1 aromatic heterocycles. The Bertz CT molecular complexity index is 750. The summed E-state index contributed by atoms with van der Waals surface area (Å²) >= 11 is 0. The third kappa shape index (κ3) is 3.36. The van der Waals surface area contributed by atoms with Crippen molar-refractivity contribution in [2.24, 2.45) is 5.92 Å². The molecule has 0 spiro atoms. The fourth-order valence-electron chi connectivity index (χ4n) is 2.79. The van der Waals surface area contributed by atoms with Gasteiger partial charge in [-0.3, -0.25) is 4.68 Å². The second kappa shape index (κ2) is 5.61. The fraction of sp³-hybridized carbons (Fsp3) is 0.769. The first-order valence-electron chi connectivity index (χ1n) is 7.49. The number of hydrogen-bond acceptors (Lipinski definition) is 5. The Morgan fingerprint density at radius 3 is 2.73 bits per heavy atom. The Kier molecular flexibility index (Phi) is 4.07. The van der Waals surface area contributed by atoms with Gasteiger partial charge in [0.2, 0.25) is 10.0 Å². The summed E-state index contributed by atoms with van der Waals surface area (Å²) in [6.07, 6.45) is 6.32. The van der Waals surface area contributed by atoms with Gasteiger partial charge < -0.3 is 0 Å². The van der Waals surface area contributed by atoms with Crippen LogP contribution in [0.1, 0.15) is 25.7 Å². The summed E-state index contributed by atoms with van der Waals surface area (Å²) in [5.41, 5.74) is 0. The summed E-state index contributed by atoms with van der Waals surface area (Å²) in [7, 11) is -5.39. The van der Waals surface area contributed by atoms with Gasteiger partial charge in [-0.1, -0.05) is 0 Å². The predicted octanol–water partition coefficient (Wildman–Crippen LogP) is 0.491. The molecule has 0 radical (unpaired) electrons. The molecule has 0 bridgehead atoms. The lowest BCUT2D eigenvalue weighted by Crippen LogP contribution is -2.44. The van der Waals surface area contributed by atoms with E-state index in [1.807, 2.05) is 0 Å². The molecule has 9 heteroatoms. The third-order valence-corrected chi connectivity index (χ3v) is 8.05. The second-order valence-electron chi connectivity index (χ2n) is 6.27. The van der Waals surface area contributed by atoms with E-state index in [0.717, 1.165) is 6.54 Å². The van der Waals surface area contributed by atoms with Gasteiger partial charge in [-0.15, -0.1) is 0 Å². The van der Waals surface area contributed by atoms with Gasteiger partial charge in [-0.2, -0.15) is 9.40 Å². The molecule has 2 fully saturated rings. The molecule has 22 heavy (non-hydrogen) atoms. The van der Waals surface area contributed by atoms with Crippen molar-refractivity contribution < 1.29 is 16.8 Å². The van der Waals surface area contributed by atoms with Crippen LogP contribution in [0.25, 0.3) is 0 Å². The highest BCUT2D eigenvalue weighted by Crippen LogP contribution is 2.30. The van der Waals surface area contributed by atoms with Crippen LogP contribution < -0.4 is 0 Å². The first-order valence-corrected chi connectivity index (χ1v) is 10.7. The van der Waals surface area contributed by atoms with E-state index in [9.17, 15) is 16.8 Å². The first kappa shape index (κ1) is 15.9. The monoisotopic (exact) mass is 347 g/mol. The van der Waals surface area contributed by atoms with Crippen LogP contribution in [-0.2, 0) is 26.4 Å². The predicted molar refractivity (Wildman–Crippen MR) is 81.6 cm³/mol. The van der Waals surface area contributed by atoms with Crippen LogP contribution >= 0.6 is 0 Å². The van der Waals surface area contributed by atoms with Crippen LogP contribution in [0.5, 0.6) is 0 Å². The Balaban J connectivity index is 1.77. The molecule has 3 rings (SSSR count). The number of rotatable bonds is 5. The van der Waals surface area contributed by atoms with E-state index in [1.54, 1.807) is 10.9 Å². The molecule has 1 unspecified atom stereocenters. The molecule has 1 aliphatic carbocycles. The van der Waals surface area contributed by atoms with Crippen molar-refractivity contribution in [1.82, 2.24) is 14.1 Å². The summed E-state index contributed by atoms with van der Waals surface area (Å²) in [5.74, 6) is 0.659. The van der Waals surface area contributed by atoms with Gasteiger partial charge in [-0.05, 0) is 31.6 Å². The zero-order valence-electron chi connectivity index (χ0n) is 12.6. The molecule has 1 saturated heterocycles. The number of hydrogen-bond donors (Lipinski definition) is 0. The van der Waals surface area contributed by atoms with Gasteiger partial charge in [0.05, 0.1) is 17.7 Å². The standard InChI is InChI=1S/C13H21N3O4S2/c1-15(12-3-2-6-21(17,18)10-12)22(19,20)13-7-14-16(9-13)8-11-4-5-11/h7,9,11-12H,2-6,8,10H2,1H3. The minimum Gasteiger partial charge on any atom is -0.271 e. The van der Waals surface area contributed by atoms with Gasteiger partial charge in [0.25, 0.3) is 0 Å². The molecule has 1 aliphatic heterocycles. The quantitative estimate of drug-likeness (QED) is 0.773. The molecule has 0 aromatic carbocycles. The maximum Gasteiger partial charge on any atom is 0.246 e. The molecule has 1 saturated carbocycles. The molecule has 1 atom stereocenters. The van der Waals surface area contributed by atoms with E-state index in [0.29, 0.717) is 18.8 Å². The Morgan fingerprint density at radius 1 is 1.36 bits per heavy atom. The molecular formula is C13H21N3O4S2. The highest BCUT2D eigenvalue weighted by molar-refractivity contribution is 7.91. The number of aromatic nitrogens is 2. The zero-order valence-corrected chi connectivity index (χ0v) is 14.2. The summed E-state index contributed by atoms with van der Waals surface area (Å²) < 4.78 is 51.6. The van der Waals surface area contributed by atoms with E-state index in [1.165, 1.54) is 30.4 Å². The van der Waals surface area contributed by atoms with Crippen LogP contribution in [0.15, 0.2) is 17.3 Å². The summed E-state index contributed by atoms with van der Waals surface area (Å²) in [6, 6.07) is -0.490. The van der Waals surface area contributed by atoms with Crippen molar-refractivity contribution in [2.75, 3.05) is 18.6 Å². The number of sulfone groups is 1. The Hall–Kier alpha value is -0.930. The Morgan fingerprint density at radius 2 is 2.09 bits per heavy atom. The van der Waals surface area contributed by atoms with Crippen LogP contribution in [0.2, 0.25) is 0 Å². The van der Waals surface area contributed by atoms with Crippen molar-refractivity contribution in [1.29, 1.82) is 0 Å². The lowest BCUT2D eigenvalue weighted by molar-refractivity contribution is 0.361. The van der Waals surface area contributed by atoms with Gasteiger partial charge in [-0.25, -0.2) is 16.8 Å². The van der Waals surface area contributed by atoms with Crippen molar-refractivity contribution in [3.8, 4) is 0 Å². The summed E-state index contributed by atoms with van der Waals surface area (Å²) in [5, 5.41) is 4.11. The van der Waals surface area contributed by atoms with Crippen LogP contribution in [0.4, 0.5) is 0 Å². The molecule has 7 nitrogen and oxygen atoms in total. The SMILES string of the molecule is CN(C1CCCS(=O)(=O)C1)S(=O)(=O)c1cnn(CC2CC2)c1. The van der Waals surface area contributed by atoms with Gasteiger partial charge >= 0.3 is 0 Å². The summed E-state index contributed by atoms with van der Waals surface area (Å²) in [4.78, 5) is 0.138.